The monoisotopic (exact) mass is 477 g/mol. The zero-order chi connectivity index (χ0) is 24.7. The van der Waals surface area contributed by atoms with Crippen molar-refractivity contribution in [1.82, 2.24) is 14.8 Å². The lowest BCUT2D eigenvalue weighted by molar-refractivity contribution is -0.134. The van der Waals surface area contributed by atoms with Crippen LogP contribution in [0.4, 0.5) is 0 Å². The highest BCUT2D eigenvalue weighted by Crippen LogP contribution is 2.35. The van der Waals surface area contributed by atoms with E-state index in [1.54, 1.807) is 17.2 Å². The van der Waals surface area contributed by atoms with E-state index in [-0.39, 0.29) is 24.0 Å². The summed E-state index contributed by atoms with van der Waals surface area (Å²) in [5.74, 6) is 1.22. The van der Waals surface area contributed by atoms with E-state index in [1.807, 2.05) is 55.7 Å². The van der Waals surface area contributed by atoms with Crippen LogP contribution >= 0.6 is 0 Å². The number of carbonyl (C=O) groups is 2. The minimum atomic E-state index is -1.04. The van der Waals surface area contributed by atoms with Crippen molar-refractivity contribution < 1.29 is 18.7 Å². The maximum Gasteiger partial charge on any atom is 0.271 e. The highest BCUT2D eigenvalue weighted by Gasteiger charge is 2.48. The largest absolute Gasteiger partial charge is 0.491 e. The van der Waals surface area contributed by atoms with Gasteiger partial charge in [-0.15, -0.1) is 0 Å². The van der Waals surface area contributed by atoms with E-state index < -0.39 is 5.54 Å². The second-order valence-corrected chi connectivity index (χ2v) is 10.7. The van der Waals surface area contributed by atoms with E-state index in [1.165, 1.54) is 0 Å². The van der Waals surface area contributed by atoms with E-state index in [0.29, 0.717) is 30.3 Å². The molecule has 7 heteroatoms. The predicted octanol–water partition coefficient (Wildman–Crippen LogP) is 5.13. The Kier molecular flexibility index (Phi) is 6.11. The van der Waals surface area contributed by atoms with Gasteiger partial charge < -0.3 is 23.9 Å². The number of amides is 2. The molecule has 5 rings (SSSR count). The van der Waals surface area contributed by atoms with E-state index in [9.17, 15) is 9.59 Å². The average molecular weight is 478 g/mol. The number of aromatic nitrogens is 1. The fraction of sp³-hybridized carbons (Fsp3) is 0.500. The lowest BCUT2D eigenvalue weighted by Crippen LogP contribution is -2.64. The topological polar surface area (TPSA) is 76.7 Å². The van der Waals surface area contributed by atoms with Gasteiger partial charge in [0.15, 0.2) is 5.58 Å². The van der Waals surface area contributed by atoms with Gasteiger partial charge >= 0.3 is 0 Å². The van der Waals surface area contributed by atoms with Crippen LogP contribution in [0.5, 0.6) is 5.75 Å². The molecule has 1 aliphatic heterocycles. The van der Waals surface area contributed by atoms with Gasteiger partial charge in [0.25, 0.3) is 5.91 Å². The lowest BCUT2D eigenvalue weighted by atomic mass is 9.86. The fourth-order valence-electron chi connectivity index (χ4n) is 5.39. The number of carbonyl (C=O) groups excluding carboxylic acids is 2. The number of nitrogens with one attached hydrogen (secondary N) is 1. The van der Waals surface area contributed by atoms with Crippen molar-refractivity contribution in [1.29, 1.82) is 0 Å². The molecule has 3 heterocycles. The van der Waals surface area contributed by atoms with E-state index in [0.717, 1.165) is 42.5 Å². The zero-order valence-corrected chi connectivity index (χ0v) is 21.0. The highest BCUT2D eigenvalue weighted by molar-refractivity contribution is 6.02. The van der Waals surface area contributed by atoms with Crippen molar-refractivity contribution in [3.05, 3.63) is 53.9 Å². The normalized spacial score (nSPS) is 24.6. The number of furan rings is 1. The van der Waals surface area contributed by atoms with Crippen LogP contribution in [0.15, 0.2) is 47.1 Å². The van der Waals surface area contributed by atoms with Crippen LogP contribution in [-0.2, 0) is 17.9 Å². The smallest absolute Gasteiger partial charge is 0.271 e. The minimum absolute atomic E-state index is 0.0882. The van der Waals surface area contributed by atoms with Crippen molar-refractivity contribution in [3.8, 4) is 5.75 Å². The summed E-state index contributed by atoms with van der Waals surface area (Å²) in [5, 5.41) is 3.29. The summed E-state index contributed by atoms with van der Waals surface area (Å²) in [6, 6.07) is 11.6. The molecule has 1 fully saturated rings. The lowest BCUT2D eigenvalue weighted by Gasteiger charge is -2.45. The molecule has 2 aliphatic rings. The van der Waals surface area contributed by atoms with Gasteiger partial charge in [0.2, 0.25) is 5.91 Å². The third-order valence-corrected chi connectivity index (χ3v) is 7.52. The zero-order valence-electron chi connectivity index (χ0n) is 21.0. The number of hydrogen-bond donors (Lipinski definition) is 1. The second-order valence-electron chi connectivity index (χ2n) is 10.7. The van der Waals surface area contributed by atoms with Crippen molar-refractivity contribution in [3.63, 3.8) is 0 Å². The van der Waals surface area contributed by atoms with Crippen LogP contribution in [0.25, 0.3) is 11.1 Å². The Morgan fingerprint density at radius 3 is 2.57 bits per heavy atom. The van der Waals surface area contributed by atoms with E-state index in [4.69, 9.17) is 9.15 Å². The van der Waals surface area contributed by atoms with Crippen molar-refractivity contribution >= 4 is 22.9 Å². The molecule has 0 radical (unpaired) electrons. The van der Waals surface area contributed by atoms with Gasteiger partial charge in [-0.2, -0.15) is 0 Å². The number of benzene rings is 1. The molecular weight excluding hydrogens is 442 g/mol. The van der Waals surface area contributed by atoms with Crippen LogP contribution < -0.4 is 10.1 Å². The van der Waals surface area contributed by atoms with Crippen LogP contribution in [0.2, 0.25) is 0 Å². The minimum Gasteiger partial charge on any atom is -0.491 e. The van der Waals surface area contributed by atoms with E-state index >= 15 is 0 Å². The SMILES string of the molecule is CC1CCC(NC(=O)[C@@]2(C)Cn3c(cc4occc43)C(=O)N2Cc2ccc(OC(C)C)cc2)CC1. The Morgan fingerprint density at radius 2 is 1.89 bits per heavy atom. The van der Waals surface area contributed by atoms with Crippen LogP contribution in [0, 0.1) is 5.92 Å². The van der Waals surface area contributed by atoms with Crippen LogP contribution in [0.3, 0.4) is 0 Å². The first-order chi connectivity index (χ1) is 16.7. The number of hydrogen-bond acceptors (Lipinski definition) is 4. The average Bonchev–Trinajstić information content (AvgIpc) is 3.41. The maximum atomic E-state index is 13.8. The summed E-state index contributed by atoms with van der Waals surface area (Å²) in [5.41, 5.74) is 1.96. The summed E-state index contributed by atoms with van der Waals surface area (Å²) < 4.78 is 13.3. The second kappa shape index (κ2) is 9.10. The first-order valence-corrected chi connectivity index (χ1v) is 12.7. The highest BCUT2D eigenvalue weighted by atomic mass is 16.5. The van der Waals surface area contributed by atoms with Crippen molar-refractivity contribution in [2.45, 2.75) is 84.2 Å². The first kappa shape index (κ1) is 23.5. The summed E-state index contributed by atoms with van der Waals surface area (Å²) in [6.45, 7) is 8.84. The Bertz CT molecular complexity index is 1220. The molecule has 35 heavy (non-hydrogen) atoms. The summed E-state index contributed by atoms with van der Waals surface area (Å²) in [7, 11) is 0. The Labute approximate surface area is 206 Å². The van der Waals surface area contributed by atoms with Gasteiger partial charge in [-0.3, -0.25) is 9.59 Å². The third kappa shape index (κ3) is 4.44. The summed E-state index contributed by atoms with van der Waals surface area (Å²) >= 11 is 0. The molecule has 1 aliphatic carbocycles. The Hall–Kier alpha value is -3.22. The molecule has 2 aromatic heterocycles. The standard InChI is InChI=1S/C28H35N3O4/c1-18(2)35-22-11-7-20(8-12-22)16-31-26(32)24-15-25-23(13-14-34-25)30(24)17-28(31,4)27(33)29-21-9-5-19(3)6-10-21/h7-8,11-15,18-19,21H,5-6,9-10,16-17H2,1-4H3,(H,29,33)/t19?,21?,28-/m1/s1. The molecule has 0 spiro atoms. The molecule has 2 amide bonds. The third-order valence-electron chi connectivity index (χ3n) is 7.52. The number of fused-ring (bicyclic) bond motifs is 3. The number of rotatable bonds is 6. The first-order valence-electron chi connectivity index (χ1n) is 12.7. The molecule has 1 atom stereocenters. The number of ether oxygens (including phenoxy) is 1. The molecular formula is C28H35N3O4. The van der Waals surface area contributed by atoms with E-state index in [2.05, 4.69) is 12.2 Å². The molecule has 3 aromatic rings. The Balaban J connectivity index is 1.46. The van der Waals surface area contributed by atoms with Crippen molar-refractivity contribution in [2.24, 2.45) is 5.92 Å². The Morgan fingerprint density at radius 1 is 1.17 bits per heavy atom. The van der Waals surface area contributed by atoms with Gasteiger partial charge in [-0.05, 0) is 70.1 Å². The van der Waals surface area contributed by atoms with Gasteiger partial charge in [0.1, 0.15) is 17.0 Å². The molecule has 7 nitrogen and oxygen atoms in total. The quantitative estimate of drug-likeness (QED) is 0.534. The molecule has 0 bridgehead atoms. The summed E-state index contributed by atoms with van der Waals surface area (Å²) in [4.78, 5) is 29.4. The molecule has 186 valence electrons. The molecule has 1 N–H and O–H groups in total. The fourth-order valence-corrected chi connectivity index (χ4v) is 5.39. The van der Waals surface area contributed by atoms with Crippen molar-refractivity contribution in [2.75, 3.05) is 0 Å². The number of nitrogens with zero attached hydrogens (tertiary/aromatic N) is 2. The molecule has 0 saturated heterocycles. The molecule has 1 aromatic carbocycles. The summed E-state index contributed by atoms with van der Waals surface area (Å²) in [6.07, 6.45) is 5.91. The maximum absolute atomic E-state index is 13.8. The van der Waals surface area contributed by atoms with Gasteiger partial charge in [0, 0.05) is 24.7 Å². The van der Waals surface area contributed by atoms with Gasteiger partial charge in [0.05, 0.1) is 24.4 Å². The molecule has 0 unspecified atom stereocenters. The van der Waals surface area contributed by atoms with Crippen LogP contribution in [0.1, 0.15) is 69.4 Å². The molecule has 1 saturated carbocycles. The van der Waals surface area contributed by atoms with Gasteiger partial charge in [-0.1, -0.05) is 19.1 Å². The van der Waals surface area contributed by atoms with Crippen LogP contribution in [-0.4, -0.2) is 39.0 Å². The van der Waals surface area contributed by atoms with Gasteiger partial charge in [-0.25, -0.2) is 0 Å². The predicted molar refractivity (Wildman–Crippen MR) is 134 cm³/mol.